The highest BCUT2D eigenvalue weighted by atomic mass is 35.5. The second-order valence-electron chi connectivity index (χ2n) is 4.69. The van der Waals surface area contributed by atoms with Crippen LogP contribution in [0.25, 0.3) is 0 Å². The topological polar surface area (TPSA) is 35.5 Å². The van der Waals surface area contributed by atoms with Crippen LogP contribution in [0.1, 0.15) is 24.8 Å². The van der Waals surface area contributed by atoms with Crippen LogP contribution >= 0.6 is 11.6 Å². The van der Waals surface area contributed by atoms with E-state index in [-0.39, 0.29) is 6.61 Å². The minimum absolute atomic E-state index is 0.231. The van der Waals surface area contributed by atoms with Crippen LogP contribution in [0.2, 0.25) is 5.02 Å². The van der Waals surface area contributed by atoms with Gasteiger partial charge in [-0.2, -0.15) is 0 Å². The quantitative estimate of drug-likeness (QED) is 0.778. The predicted molar refractivity (Wildman–Crippen MR) is 76.3 cm³/mol. The summed E-state index contributed by atoms with van der Waals surface area (Å²) in [5.41, 5.74) is 2.44. The summed E-state index contributed by atoms with van der Waals surface area (Å²) in [4.78, 5) is 2.41. The summed E-state index contributed by atoms with van der Waals surface area (Å²) >= 11 is 6.30. The van der Waals surface area contributed by atoms with Crippen LogP contribution in [0.15, 0.2) is 18.2 Å². The van der Waals surface area contributed by atoms with Crippen LogP contribution in [-0.4, -0.2) is 31.3 Å². The van der Waals surface area contributed by atoms with Gasteiger partial charge in [-0.1, -0.05) is 17.7 Å². The van der Waals surface area contributed by atoms with Crippen LogP contribution in [-0.2, 0) is 6.54 Å². The Labute approximate surface area is 114 Å². The van der Waals surface area contributed by atoms with Gasteiger partial charge >= 0.3 is 0 Å². The lowest BCUT2D eigenvalue weighted by atomic mass is 10.1. The van der Waals surface area contributed by atoms with Crippen molar-refractivity contribution >= 4 is 17.3 Å². The van der Waals surface area contributed by atoms with Crippen LogP contribution in [0.4, 0.5) is 5.69 Å². The van der Waals surface area contributed by atoms with Crippen LogP contribution in [0.5, 0.6) is 0 Å². The van der Waals surface area contributed by atoms with E-state index in [9.17, 15) is 0 Å². The molecule has 0 amide bonds. The zero-order valence-electron chi connectivity index (χ0n) is 10.7. The predicted octanol–water partition coefficient (Wildman–Crippen LogP) is 2.41. The van der Waals surface area contributed by atoms with Crippen LogP contribution in [0.3, 0.4) is 0 Å². The fourth-order valence-electron chi connectivity index (χ4n) is 2.39. The van der Waals surface area contributed by atoms with Gasteiger partial charge in [0.2, 0.25) is 0 Å². The number of nitrogens with one attached hydrogen (secondary N) is 1. The van der Waals surface area contributed by atoms with Gasteiger partial charge in [-0.3, -0.25) is 0 Å². The smallest absolute Gasteiger partial charge is 0.0471 e. The van der Waals surface area contributed by atoms with Crippen molar-refractivity contribution in [3.8, 4) is 0 Å². The maximum absolute atomic E-state index is 8.77. The van der Waals surface area contributed by atoms with E-state index in [0.717, 1.165) is 37.6 Å². The Morgan fingerprint density at radius 2 is 2.06 bits per heavy atom. The largest absolute Gasteiger partial charge is 0.396 e. The molecule has 2 rings (SSSR count). The third kappa shape index (κ3) is 3.37. The summed E-state index contributed by atoms with van der Waals surface area (Å²) in [7, 11) is 0. The molecule has 3 nitrogen and oxygen atoms in total. The van der Waals surface area contributed by atoms with Gasteiger partial charge in [-0.15, -0.1) is 0 Å². The molecule has 4 heteroatoms. The van der Waals surface area contributed by atoms with Gasteiger partial charge in [0.25, 0.3) is 0 Å². The average molecular weight is 269 g/mol. The SMILES string of the molecule is OCCCNCc1c(Cl)cccc1N1CCCC1. The number of nitrogens with zero attached hydrogens (tertiary/aromatic N) is 1. The summed E-state index contributed by atoms with van der Waals surface area (Å²) in [6.45, 7) is 4.08. The molecule has 1 aromatic carbocycles. The first kappa shape index (κ1) is 13.7. The van der Waals surface area contributed by atoms with Crippen molar-refractivity contribution in [2.45, 2.75) is 25.8 Å². The molecule has 1 aliphatic rings. The lowest BCUT2D eigenvalue weighted by molar-refractivity contribution is 0.286. The Hall–Kier alpha value is -0.770. The van der Waals surface area contributed by atoms with Crippen molar-refractivity contribution in [2.75, 3.05) is 31.1 Å². The fraction of sp³-hybridized carbons (Fsp3) is 0.571. The first-order valence-electron chi connectivity index (χ1n) is 6.67. The van der Waals surface area contributed by atoms with E-state index in [1.54, 1.807) is 0 Å². The Kier molecular flexibility index (Phi) is 5.29. The summed E-state index contributed by atoms with van der Waals surface area (Å²) in [5.74, 6) is 0. The highest BCUT2D eigenvalue weighted by Gasteiger charge is 2.16. The van der Waals surface area contributed by atoms with Gasteiger partial charge < -0.3 is 15.3 Å². The van der Waals surface area contributed by atoms with Crippen molar-refractivity contribution < 1.29 is 5.11 Å². The molecule has 1 aromatic rings. The van der Waals surface area contributed by atoms with E-state index in [1.165, 1.54) is 24.1 Å². The summed E-state index contributed by atoms with van der Waals surface area (Å²) in [6.07, 6.45) is 3.32. The van der Waals surface area contributed by atoms with E-state index in [2.05, 4.69) is 16.3 Å². The number of anilines is 1. The van der Waals surface area contributed by atoms with Crippen molar-refractivity contribution in [1.82, 2.24) is 5.32 Å². The molecule has 0 spiro atoms. The summed E-state index contributed by atoms with van der Waals surface area (Å²) < 4.78 is 0. The number of hydrogen-bond donors (Lipinski definition) is 2. The van der Waals surface area contributed by atoms with Crippen molar-refractivity contribution in [3.05, 3.63) is 28.8 Å². The second kappa shape index (κ2) is 6.98. The lowest BCUT2D eigenvalue weighted by Gasteiger charge is -2.22. The van der Waals surface area contributed by atoms with E-state index >= 15 is 0 Å². The first-order chi connectivity index (χ1) is 8.83. The molecule has 0 radical (unpaired) electrons. The Balaban J connectivity index is 2.06. The molecule has 0 atom stereocenters. The Bertz CT molecular complexity index is 378. The van der Waals surface area contributed by atoms with Crippen molar-refractivity contribution in [1.29, 1.82) is 0 Å². The molecule has 100 valence electrons. The standard InChI is InChI=1S/C14H21ClN2O/c15-13-5-3-6-14(17-8-1-2-9-17)12(13)11-16-7-4-10-18/h3,5-6,16,18H,1-2,4,7-11H2. The monoisotopic (exact) mass is 268 g/mol. The molecular weight excluding hydrogens is 248 g/mol. The zero-order valence-corrected chi connectivity index (χ0v) is 11.4. The molecule has 0 aliphatic carbocycles. The van der Waals surface area contributed by atoms with E-state index in [1.807, 2.05) is 12.1 Å². The molecule has 1 saturated heterocycles. The highest BCUT2D eigenvalue weighted by molar-refractivity contribution is 6.31. The molecule has 1 fully saturated rings. The Morgan fingerprint density at radius 3 is 2.78 bits per heavy atom. The lowest BCUT2D eigenvalue weighted by Crippen LogP contribution is -2.22. The minimum Gasteiger partial charge on any atom is -0.396 e. The van der Waals surface area contributed by atoms with Crippen molar-refractivity contribution in [2.24, 2.45) is 0 Å². The van der Waals surface area contributed by atoms with Crippen LogP contribution < -0.4 is 10.2 Å². The van der Waals surface area contributed by atoms with E-state index < -0.39 is 0 Å². The maximum atomic E-state index is 8.77. The second-order valence-corrected chi connectivity index (χ2v) is 5.09. The highest BCUT2D eigenvalue weighted by Crippen LogP contribution is 2.29. The van der Waals surface area contributed by atoms with Gasteiger partial charge in [0.15, 0.2) is 0 Å². The number of rotatable bonds is 6. The minimum atomic E-state index is 0.231. The number of aliphatic hydroxyl groups excluding tert-OH is 1. The zero-order chi connectivity index (χ0) is 12.8. The fourth-order valence-corrected chi connectivity index (χ4v) is 2.63. The molecule has 0 saturated carbocycles. The summed E-state index contributed by atoms with van der Waals surface area (Å²) in [6, 6.07) is 6.12. The number of benzene rings is 1. The molecule has 2 N–H and O–H groups in total. The number of hydrogen-bond acceptors (Lipinski definition) is 3. The van der Waals surface area contributed by atoms with Gasteiger partial charge in [0, 0.05) is 42.5 Å². The van der Waals surface area contributed by atoms with Gasteiger partial charge in [-0.05, 0) is 37.9 Å². The maximum Gasteiger partial charge on any atom is 0.0471 e. The normalized spacial score (nSPS) is 15.3. The molecule has 1 aliphatic heterocycles. The van der Waals surface area contributed by atoms with Crippen molar-refractivity contribution in [3.63, 3.8) is 0 Å². The molecular formula is C14H21ClN2O. The summed E-state index contributed by atoms with van der Waals surface area (Å²) in [5, 5.41) is 12.9. The molecule has 18 heavy (non-hydrogen) atoms. The number of aliphatic hydroxyl groups is 1. The molecule has 0 unspecified atom stereocenters. The Morgan fingerprint density at radius 1 is 1.28 bits per heavy atom. The number of halogens is 1. The first-order valence-corrected chi connectivity index (χ1v) is 7.04. The van der Waals surface area contributed by atoms with Gasteiger partial charge in [-0.25, -0.2) is 0 Å². The molecule has 0 aromatic heterocycles. The van der Waals surface area contributed by atoms with Gasteiger partial charge in [0.1, 0.15) is 0 Å². The van der Waals surface area contributed by atoms with E-state index in [0.29, 0.717) is 0 Å². The third-order valence-corrected chi connectivity index (χ3v) is 3.71. The van der Waals surface area contributed by atoms with Gasteiger partial charge in [0.05, 0.1) is 0 Å². The van der Waals surface area contributed by atoms with E-state index in [4.69, 9.17) is 16.7 Å². The molecule has 1 heterocycles. The average Bonchev–Trinajstić information content (AvgIpc) is 2.89. The third-order valence-electron chi connectivity index (χ3n) is 3.35. The molecule has 0 bridgehead atoms. The van der Waals surface area contributed by atoms with Crippen LogP contribution in [0, 0.1) is 0 Å².